The second-order valence-corrected chi connectivity index (χ2v) is 27.5. The lowest BCUT2D eigenvalue weighted by Gasteiger charge is -2.34. The number of nitrogens with zero attached hydrogens (tertiary/aromatic N) is 3. The molecule has 0 aliphatic carbocycles. The highest BCUT2D eigenvalue weighted by Gasteiger charge is 2.47. The van der Waals surface area contributed by atoms with Gasteiger partial charge in [0.2, 0.25) is 70.9 Å². The van der Waals surface area contributed by atoms with E-state index >= 15 is 4.79 Å². The van der Waals surface area contributed by atoms with Gasteiger partial charge in [-0.3, -0.25) is 67.1 Å². The van der Waals surface area contributed by atoms with Gasteiger partial charge in [-0.05, 0) is 166 Å². The molecule has 2 aromatic carbocycles. The van der Waals surface area contributed by atoms with Gasteiger partial charge in [0, 0.05) is 38.9 Å². The van der Waals surface area contributed by atoms with Gasteiger partial charge < -0.3 is 116 Å². The number of hydrogen-bond acceptors (Lipinski definition) is 22. The molecule has 0 radical (unpaired) electrons. The molecule has 108 heavy (non-hydrogen) atoms. The van der Waals surface area contributed by atoms with Crippen LogP contribution in [0.5, 0.6) is 5.75 Å². The number of aromatic hydroxyl groups is 1. The number of nitrogens with two attached hydrogens (primary N) is 4. The van der Waals surface area contributed by atoms with E-state index in [2.05, 4.69) is 47.9 Å². The Morgan fingerprint density at radius 2 is 0.824 bits per heavy atom. The summed E-state index contributed by atoms with van der Waals surface area (Å²) < 4.78 is 0. The highest BCUT2D eigenvalue weighted by atomic mass is 16.4. The lowest BCUT2D eigenvalue weighted by molar-refractivity contribution is -0.148. The Morgan fingerprint density at radius 3 is 1.31 bits per heavy atom. The summed E-state index contributed by atoms with van der Waals surface area (Å²) in [6, 6.07) is -4.66. The molecule has 37 nitrogen and oxygen atoms in total. The maximum absolute atomic E-state index is 15.1. The normalized spacial score (nSPS) is 18.8. The number of hydrogen-bond donors (Lipinski definition) is 19. The number of benzene rings is 2. The minimum atomic E-state index is -1.86. The topological polar surface area (TPSA) is 599 Å². The summed E-state index contributed by atoms with van der Waals surface area (Å²) in [4.78, 5) is 210. The molecule has 3 aliphatic rings. The van der Waals surface area contributed by atoms with Gasteiger partial charge in [0.15, 0.2) is 0 Å². The third-order valence-corrected chi connectivity index (χ3v) is 18.9. The molecule has 0 spiro atoms. The van der Waals surface area contributed by atoms with Gasteiger partial charge in [-0.2, -0.15) is 0 Å². The van der Waals surface area contributed by atoms with Crippen molar-refractivity contribution in [2.75, 3.05) is 39.3 Å². The summed E-state index contributed by atoms with van der Waals surface area (Å²) in [6.45, 7) is 4.27. The van der Waals surface area contributed by atoms with Crippen LogP contribution in [-0.2, 0) is 84.8 Å². The van der Waals surface area contributed by atoms with E-state index in [1.807, 2.05) is 0 Å². The fraction of sp³-hybridized carbons (Fsp3) is 0.620. The first-order valence-electron chi connectivity index (χ1n) is 36.7. The van der Waals surface area contributed by atoms with Crippen molar-refractivity contribution >= 4 is 88.8 Å². The number of aliphatic carboxylic acids is 3. The van der Waals surface area contributed by atoms with Crippen LogP contribution in [0, 0.1) is 0 Å². The lowest BCUT2D eigenvalue weighted by Crippen LogP contribution is -2.62. The Balaban J connectivity index is 1.32. The number of carboxylic acids is 3. The van der Waals surface area contributed by atoms with Crippen molar-refractivity contribution in [2.24, 2.45) is 22.9 Å². The van der Waals surface area contributed by atoms with E-state index in [-0.39, 0.29) is 128 Å². The first-order chi connectivity index (χ1) is 51.3. The van der Waals surface area contributed by atoms with Gasteiger partial charge in [-0.15, -0.1) is 0 Å². The number of carboxylic acid groups (broad SMARTS) is 3. The molecule has 37 heteroatoms. The zero-order valence-corrected chi connectivity index (χ0v) is 61.2. The summed E-state index contributed by atoms with van der Waals surface area (Å²) >= 11 is 0. The van der Waals surface area contributed by atoms with Crippen LogP contribution in [0.15, 0.2) is 54.6 Å². The Morgan fingerprint density at radius 1 is 0.426 bits per heavy atom. The number of likely N-dealkylation sites (tertiary alicyclic amines) is 3. The van der Waals surface area contributed by atoms with E-state index in [0.29, 0.717) is 36.8 Å². The van der Waals surface area contributed by atoms with Gasteiger partial charge in [0.25, 0.3) is 0 Å². The number of phenols is 1. The Labute approximate surface area is 625 Å². The number of rotatable bonds is 45. The average Bonchev–Trinajstić information content (AvgIpc) is 1.62. The molecule has 23 N–H and O–H groups in total. The summed E-state index contributed by atoms with van der Waals surface area (Å²) in [7, 11) is 0. The number of unbranched alkanes of at least 4 members (excludes halogenated alkanes) is 3. The van der Waals surface area contributed by atoms with Gasteiger partial charge >= 0.3 is 17.9 Å². The molecule has 3 aliphatic heterocycles. The monoisotopic (exact) mass is 1520 g/mol. The molecule has 598 valence electrons. The second-order valence-electron chi connectivity index (χ2n) is 27.5. The number of aliphatic hydroxyl groups is 2. The minimum absolute atomic E-state index is 0.00101. The van der Waals surface area contributed by atoms with Gasteiger partial charge in [-0.1, -0.05) is 42.5 Å². The number of aliphatic hydroxyl groups excluding tert-OH is 2. The first kappa shape index (κ1) is 88.7. The number of carbonyl (C=O) groups excluding carboxylic acids is 12. The Bertz CT molecular complexity index is 3420. The summed E-state index contributed by atoms with van der Waals surface area (Å²) in [5.41, 5.74) is 24.1. The van der Waals surface area contributed by atoms with Gasteiger partial charge in [0.05, 0.1) is 24.7 Å². The van der Waals surface area contributed by atoms with E-state index in [1.165, 1.54) is 47.9 Å². The quantitative estimate of drug-likeness (QED) is 0.0278. The van der Waals surface area contributed by atoms with Crippen LogP contribution >= 0.6 is 0 Å². The van der Waals surface area contributed by atoms with Crippen LogP contribution in [0.2, 0.25) is 0 Å². The van der Waals surface area contributed by atoms with Gasteiger partial charge in [-0.25, -0.2) is 4.79 Å². The fourth-order valence-corrected chi connectivity index (χ4v) is 13.0. The highest BCUT2D eigenvalue weighted by Crippen LogP contribution is 2.28. The molecule has 3 saturated heterocycles. The standard InChI is InChI=1S/C71H108N16O21/c1-39(75)59(95)80-49(36-43-24-26-44(90)27-25-43)63(99)77-47(20-9-12-32-74)62(98)83-57(40(2)88)67(103)81-50(37-42-16-5-4-6-17-42)69(105)87-35-15-23-54(87)70(106)86-34-14-22-53(86)65(101)84-58(41(3)89)66(102)79-48(28-29-55(91)92)68(104)85-33-13-21-52(85)64(100)78-46(19-8-11-31-73)60(96)76-45(18-7-10-30-72)61(97)82-51(71(107)108)38-56(93)94/h4-6,16-17,24-27,39-41,45-54,57-58,88-90H,7-15,18-23,28-38,72-75H2,1-3H3,(H,76,96)(H,77,99)(H,78,100)(H,79,102)(H,80,95)(H,81,103)(H,82,97)(H,83,98)(H,84,101)(H,91,92)(H,93,94)(H,107,108)/t39-,40+,41+,45-,46-,47-,48-,49-,50-,51-,52-,53-,54-,57-,58-/m0/s1. The number of amides is 12. The van der Waals surface area contributed by atoms with Crippen LogP contribution in [0.1, 0.15) is 147 Å². The van der Waals surface area contributed by atoms with Crippen molar-refractivity contribution < 1.29 is 103 Å². The maximum Gasteiger partial charge on any atom is 0.326 e. The van der Waals surface area contributed by atoms with Crippen molar-refractivity contribution in [1.29, 1.82) is 0 Å². The SMILES string of the molecule is C[C@H](N)C(=O)N[C@@H](Cc1ccc(O)cc1)C(=O)N[C@@H](CCCCN)C(=O)N[C@H](C(=O)N[C@@H](Cc1ccccc1)C(=O)N1CCC[C@H]1C(=O)N1CCC[C@H]1C(=O)N[C@H](C(=O)N[C@@H](CCC(=O)O)C(=O)N1CCC[C@H]1C(=O)N[C@@H](CCCCN)C(=O)N[C@@H](CCCCN)C(=O)N[C@@H](CC(=O)O)C(=O)O)[C@@H](C)O)[C@@H](C)O. The van der Waals surface area contributed by atoms with Gasteiger partial charge in [0.1, 0.15) is 78.3 Å². The molecule has 0 aromatic heterocycles. The molecule has 0 unspecified atom stereocenters. The largest absolute Gasteiger partial charge is 0.508 e. The predicted octanol–water partition coefficient (Wildman–Crippen LogP) is -4.57. The van der Waals surface area contributed by atoms with E-state index in [0.717, 1.165) is 11.8 Å². The lowest BCUT2D eigenvalue weighted by atomic mass is 10.0. The molecule has 12 amide bonds. The summed E-state index contributed by atoms with van der Waals surface area (Å²) in [6.07, 6.45) is -3.05. The number of phenolic OH excluding ortho intramolecular Hbond substituents is 1. The summed E-state index contributed by atoms with van der Waals surface area (Å²) in [5, 5.41) is 83.4. The minimum Gasteiger partial charge on any atom is -0.508 e. The summed E-state index contributed by atoms with van der Waals surface area (Å²) in [5.74, 6) is -15.3. The van der Waals surface area contributed by atoms with Crippen LogP contribution in [0.4, 0.5) is 0 Å². The van der Waals surface area contributed by atoms with Crippen LogP contribution < -0.4 is 70.8 Å². The van der Waals surface area contributed by atoms with Crippen molar-refractivity contribution in [3.8, 4) is 5.75 Å². The van der Waals surface area contributed by atoms with Crippen molar-refractivity contribution in [1.82, 2.24) is 62.6 Å². The van der Waals surface area contributed by atoms with E-state index < -0.39 is 199 Å². The van der Waals surface area contributed by atoms with Crippen molar-refractivity contribution in [3.05, 3.63) is 65.7 Å². The van der Waals surface area contributed by atoms with Crippen molar-refractivity contribution in [2.45, 2.75) is 240 Å². The first-order valence-corrected chi connectivity index (χ1v) is 36.7. The molecule has 3 fully saturated rings. The van der Waals surface area contributed by atoms with Crippen LogP contribution in [0.3, 0.4) is 0 Å². The second kappa shape index (κ2) is 44.4. The van der Waals surface area contributed by atoms with E-state index in [4.69, 9.17) is 22.9 Å². The third-order valence-electron chi connectivity index (χ3n) is 18.9. The molecule has 2 aromatic rings. The van der Waals surface area contributed by atoms with Crippen LogP contribution in [0.25, 0.3) is 0 Å². The Hall–Kier alpha value is -9.95. The zero-order chi connectivity index (χ0) is 79.9. The molecular weight excluding hydrogens is 1410 g/mol. The fourth-order valence-electron chi connectivity index (χ4n) is 13.0. The maximum atomic E-state index is 15.1. The molecule has 15 atom stereocenters. The van der Waals surface area contributed by atoms with Crippen LogP contribution in [-0.4, -0.2) is 264 Å². The molecule has 0 bridgehead atoms. The predicted molar refractivity (Wildman–Crippen MR) is 386 cm³/mol. The zero-order valence-electron chi connectivity index (χ0n) is 61.2. The number of carbonyl (C=O) groups is 15. The smallest absolute Gasteiger partial charge is 0.326 e. The van der Waals surface area contributed by atoms with Crippen molar-refractivity contribution in [3.63, 3.8) is 0 Å². The number of nitrogens with one attached hydrogen (secondary N) is 9. The van der Waals surface area contributed by atoms with E-state index in [1.54, 1.807) is 30.3 Å². The Kier molecular flexibility index (Phi) is 36.4. The van der Waals surface area contributed by atoms with E-state index in [9.17, 15) is 97.8 Å². The molecule has 0 saturated carbocycles. The molecular formula is C71H108N16O21. The third kappa shape index (κ3) is 27.4. The molecule has 3 heterocycles. The highest BCUT2D eigenvalue weighted by molar-refractivity contribution is 6.00. The average molecular weight is 1520 g/mol. The molecule has 5 rings (SSSR count).